The van der Waals surface area contributed by atoms with E-state index >= 15 is 0 Å². The van der Waals surface area contributed by atoms with E-state index in [9.17, 15) is 0 Å². The molecule has 0 saturated heterocycles. The fraction of sp³-hybridized carbons (Fsp3) is 0. The van der Waals surface area contributed by atoms with Crippen LogP contribution in [0.25, 0.3) is 76.9 Å². The van der Waals surface area contributed by atoms with Crippen LogP contribution < -0.4 is 0 Å². The number of fused-ring (bicyclic) bond motifs is 5. The van der Waals surface area contributed by atoms with E-state index in [0.29, 0.717) is 6.04 Å². The smallest absolute Gasteiger partial charge is 0.136 e. The zero-order valence-electron chi connectivity index (χ0n) is 22.2. The molecule has 7 aromatic carbocycles. The molecule has 1 nitrogen and oxygen atoms in total. The first kappa shape index (κ1) is 20.9. The van der Waals surface area contributed by atoms with Crippen molar-refractivity contribution < 1.29 is 5.79 Å². The van der Waals surface area contributed by atoms with E-state index < -0.39 is 0 Å². The summed E-state index contributed by atoms with van der Waals surface area (Å²) in [5.74, 6) is 0. The van der Waals surface area contributed by atoms with E-state index in [4.69, 9.17) is 5.79 Å². The number of para-hydroxylation sites is 1. The van der Waals surface area contributed by atoms with Crippen LogP contribution in [-0.4, -0.2) is 0 Å². The lowest BCUT2D eigenvalue weighted by atomic mass is 9.84. The van der Waals surface area contributed by atoms with E-state index in [2.05, 4.69) is 103 Å². The summed E-state index contributed by atoms with van der Waals surface area (Å²) in [4.78, 5) is 0. The van der Waals surface area contributed by atoms with E-state index in [1.807, 2.05) is 36.4 Å². The van der Waals surface area contributed by atoms with Crippen molar-refractivity contribution >= 4 is 43.5 Å². The first-order valence-electron chi connectivity index (χ1n) is 13.8. The fourth-order valence-electron chi connectivity index (χ4n) is 6.15. The maximum Gasteiger partial charge on any atom is 0.136 e. The van der Waals surface area contributed by atoms with Gasteiger partial charge >= 0.3 is 0 Å². The third-order valence-corrected chi connectivity index (χ3v) is 7.81. The average molecular weight is 498 g/mol. The Balaban J connectivity index is 1.47. The molecule has 0 unspecified atom stereocenters. The molecule has 1 aromatic heterocycles. The van der Waals surface area contributed by atoms with Crippen molar-refractivity contribution in [2.75, 3.05) is 0 Å². The van der Waals surface area contributed by atoms with Gasteiger partial charge in [0.15, 0.2) is 0 Å². The van der Waals surface area contributed by atoms with Crippen molar-refractivity contribution in [1.82, 2.24) is 0 Å². The largest absolute Gasteiger partial charge is 0.456 e. The minimum atomic E-state index is 0.521. The van der Waals surface area contributed by atoms with Crippen molar-refractivity contribution in [3.8, 4) is 33.4 Å². The molecule has 0 aliphatic carbocycles. The molecule has 0 amide bonds. The molecule has 0 fully saturated rings. The summed E-state index contributed by atoms with van der Waals surface area (Å²) in [5.41, 5.74) is 8.90. The molecule has 0 radical (unpaired) electrons. The maximum absolute atomic E-state index is 7.88. The van der Waals surface area contributed by atoms with Crippen LogP contribution in [-0.2, 0) is 0 Å². The summed E-state index contributed by atoms with van der Waals surface area (Å²) in [7, 11) is 0. The summed E-state index contributed by atoms with van der Waals surface area (Å²) < 4.78 is 14.2. The predicted octanol–water partition coefficient (Wildman–Crippen LogP) is 10.9. The number of hydrogen-bond donors (Lipinski definition) is 0. The topological polar surface area (TPSA) is 13.1 Å². The zero-order valence-corrected chi connectivity index (χ0v) is 21.2. The lowest BCUT2D eigenvalue weighted by Gasteiger charge is -2.18. The second-order valence-electron chi connectivity index (χ2n) is 9.99. The molecule has 0 atom stereocenters. The lowest BCUT2D eigenvalue weighted by Crippen LogP contribution is -1.91. The predicted molar refractivity (Wildman–Crippen MR) is 165 cm³/mol. The van der Waals surface area contributed by atoms with Crippen LogP contribution in [0.15, 0.2) is 150 Å². The van der Waals surface area contributed by atoms with Gasteiger partial charge in [-0.1, -0.05) is 127 Å². The lowest BCUT2D eigenvalue weighted by molar-refractivity contribution is 0.669. The first-order valence-corrected chi connectivity index (χ1v) is 13.3. The van der Waals surface area contributed by atoms with Crippen LogP contribution in [0, 0.1) is 0 Å². The Hall–Kier alpha value is -5.14. The van der Waals surface area contributed by atoms with Gasteiger partial charge in [-0.15, -0.1) is 0 Å². The van der Waals surface area contributed by atoms with Crippen molar-refractivity contribution in [2.24, 2.45) is 0 Å². The summed E-state index contributed by atoms with van der Waals surface area (Å²) in [6.45, 7) is 0. The second kappa shape index (κ2) is 8.72. The third-order valence-electron chi connectivity index (χ3n) is 7.81. The Morgan fingerprint density at radius 3 is 1.67 bits per heavy atom. The van der Waals surface area contributed by atoms with Gasteiger partial charge in [-0.05, 0) is 73.1 Å². The molecule has 8 aromatic rings. The molecule has 39 heavy (non-hydrogen) atoms. The van der Waals surface area contributed by atoms with Crippen LogP contribution in [0.2, 0.25) is 0 Å². The van der Waals surface area contributed by atoms with Crippen molar-refractivity contribution in [1.29, 1.82) is 0 Å². The van der Waals surface area contributed by atoms with Gasteiger partial charge in [-0.3, -0.25) is 0 Å². The Kier molecular flexibility index (Phi) is 4.66. The molecular weight excluding hydrogens is 472 g/mol. The molecule has 8 rings (SSSR count). The number of furan rings is 1. The second-order valence-corrected chi connectivity index (χ2v) is 9.99. The van der Waals surface area contributed by atoms with Gasteiger partial charge in [0.2, 0.25) is 0 Å². The molecular formula is C38H24O. The van der Waals surface area contributed by atoms with Gasteiger partial charge in [-0.2, -0.15) is 0 Å². The van der Waals surface area contributed by atoms with Gasteiger partial charge in [0, 0.05) is 10.8 Å². The van der Waals surface area contributed by atoms with E-state index in [0.717, 1.165) is 33.1 Å². The van der Waals surface area contributed by atoms with Crippen LogP contribution in [0.3, 0.4) is 0 Å². The maximum atomic E-state index is 7.88. The highest BCUT2D eigenvalue weighted by Gasteiger charge is 2.20. The molecule has 0 aliphatic rings. The number of rotatable bonds is 3. The summed E-state index contributed by atoms with van der Waals surface area (Å²) in [6.07, 6.45) is 0. The average Bonchev–Trinajstić information content (AvgIpc) is 3.39. The monoisotopic (exact) mass is 497 g/mol. The van der Waals surface area contributed by atoms with Crippen LogP contribution in [0.1, 0.15) is 1.37 Å². The Bertz CT molecular complexity index is 2160. The molecule has 0 aliphatic heterocycles. The summed E-state index contributed by atoms with van der Waals surface area (Å²) in [6, 6.07) is 49.3. The van der Waals surface area contributed by atoms with Crippen LogP contribution in [0.5, 0.6) is 0 Å². The minimum absolute atomic E-state index is 0.521. The fourth-order valence-corrected chi connectivity index (χ4v) is 6.15. The molecule has 1 heterocycles. The van der Waals surface area contributed by atoms with Gasteiger partial charge in [0.25, 0.3) is 0 Å². The molecule has 0 spiro atoms. The van der Waals surface area contributed by atoms with Crippen molar-refractivity contribution in [3.05, 3.63) is 146 Å². The van der Waals surface area contributed by atoms with E-state index in [1.54, 1.807) is 0 Å². The first-order chi connectivity index (χ1) is 19.8. The highest BCUT2D eigenvalue weighted by Crippen LogP contribution is 2.47. The minimum Gasteiger partial charge on any atom is -0.456 e. The summed E-state index contributed by atoms with van der Waals surface area (Å²) in [5, 5.41) is 7.17. The SMILES string of the molecule is [2H]c1ccc(-c2cccc(-c3c4ccccc4c(-c4cccc5oc6ccccc6c45)c4ccccc34)c2)cc1. The van der Waals surface area contributed by atoms with Crippen molar-refractivity contribution in [3.63, 3.8) is 0 Å². The molecule has 1 heteroatoms. The normalized spacial score (nSPS) is 11.9. The molecule has 0 N–H and O–H groups in total. The Morgan fingerprint density at radius 2 is 0.949 bits per heavy atom. The van der Waals surface area contributed by atoms with Gasteiger partial charge < -0.3 is 4.42 Å². The van der Waals surface area contributed by atoms with Gasteiger partial charge in [0.1, 0.15) is 11.2 Å². The van der Waals surface area contributed by atoms with Crippen LogP contribution >= 0.6 is 0 Å². The number of benzene rings is 7. The standard InChI is InChI=1S/C38H24O/c1-2-12-25(13-3-1)26-14-10-15-27(24-26)36-28-16-4-6-18-30(28)37(31-19-7-5-17-29(31)36)33-21-11-23-35-38(33)32-20-8-9-22-34(32)39-35/h1-24H/i1D. The van der Waals surface area contributed by atoms with Gasteiger partial charge in [-0.25, -0.2) is 0 Å². The Labute approximate surface area is 228 Å². The quantitative estimate of drug-likeness (QED) is 0.221. The highest BCUT2D eigenvalue weighted by molar-refractivity contribution is 6.25. The van der Waals surface area contributed by atoms with E-state index in [-0.39, 0.29) is 0 Å². The highest BCUT2D eigenvalue weighted by atomic mass is 16.3. The third kappa shape index (κ3) is 3.41. The molecule has 182 valence electrons. The van der Waals surface area contributed by atoms with Gasteiger partial charge in [0.05, 0.1) is 1.37 Å². The summed E-state index contributed by atoms with van der Waals surface area (Å²) >= 11 is 0. The Morgan fingerprint density at radius 1 is 0.410 bits per heavy atom. The number of hydrogen-bond acceptors (Lipinski definition) is 1. The van der Waals surface area contributed by atoms with Crippen molar-refractivity contribution in [2.45, 2.75) is 0 Å². The molecule has 0 saturated carbocycles. The van der Waals surface area contributed by atoms with Crippen LogP contribution in [0.4, 0.5) is 0 Å². The molecule has 0 bridgehead atoms. The zero-order chi connectivity index (χ0) is 26.6. The van der Waals surface area contributed by atoms with E-state index in [1.165, 1.54) is 43.8 Å².